The molecule has 1 N–H and O–H groups in total. The minimum atomic E-state index is -0.171. The Hall–Kier alpha value is -2.73. The number of carbonyl (C=O) groups is 1. The van der Waals surface area contributed by atoms with Crippen molar-refractivity contribution >= 4 is 29.0 Å². The average Bonchev–Trinajstić information content (AvgIpc) is 3.42. The second kappa shape index (κ2) is 7.66. The summed E-state index contributed by atoms with van der Waals surface area (Å²) in [7, 11) is 0. The van der Waals surface area contributed by atoms with Gasteiger partial charge in [0.15, 0.2) is 0 Å². The number of nitrogens with one attached hydrogen (secondary N) is 1. The highest BCUT2D eigenvalue weighted by molar-refractivity contribution is 7.10. The first kappa shape index (κ1) is 16.7. The molecule has 1 saturated carbocycles. The molecule has 0 aliphatic heterocycles. The Labute approximate surface area is 155 Å². The summed E-state index contributed by atoms with van der Waals surface area (Å²) in [5.74, 6) is 1.51. The van der Waals surface area contributed by atoms with Crippen LogP contribution >= 0.6 is 11.3 Å². The van der Waals surface area contributed by atoms with Crippen LogP contribution in [-0.2, 0) is 4.79 Å². The lowest BCUT2D eigenvalue weighted by atomic mass is 10.1. The van der Waals surface area contributed by atoms with E-state index in [1.807, 2.05) is 41.8 Å². The molecule has 0 unspecified atom stereocenters. The summed E-state index contributed by atoms with van der Waals surface area (Å²) in [4.78, 5) is 17.7. The van der Waals surface area contributed by atoms with Crippen LogP contribution in [0, 0.1) is 0 Å². The Morgan fingerprint density at radius 3 is 2.92 bits per heavy atom. The number of benzene rings is 1. The van der Waals surface area contributed by atoms with E-state index < -0.39 is 0 Å². The fourth-order valence-electron chi connectivity index (χ4n) is 3.15. The maximum Gasteiger partial charge on any atom is 0.248 e. The molecule has 0 atom stereocenters. The van der Waals surface area contributed by atoms with Crippen molar-refractivity contribution in [2.75, 3.05) is 5.32 Å². The van der Waals surface area contributed by atoms with E-state index in [1.165, 1.54) is 18.9 Å². The van der Waals surface area contributed by atoms with Gasteiger partial charge in [0.1, 0.15) is 0 Å². The highest BCUT2D eigenvalue weighted by atomic mass is 32.1. The SMILES string of the molecule is O=C(/C=C/c1cccs1)Nc1cccc(-c2noc(C3CCCC3)n2)c1. The Morgan fingerprint density at radius 2 is 2.12 bits per heavy atom. The minimum absolute atomic E-state index is 0.171. The van der Waals surface area contributed by atoms with Crippen LogP contribution in [0.5, 0.6) is 0 Å². The summed E-state index contributed by atoms with van der Waals surface area (Å²) in [5.41, 5.74) is 1.54. The van der Waals surface area contributed by atoms with E-state index in [4.69, 9.17) is 4.52 Å². The number of carbonyl (C=O) groups excluding carboxylic acids is 1. The second-order valence-electron chi connectivity index (χ2n) is 6.36. The van der Waals surface area contributed by atoms with E-state index in [2.05, 4.69) is 15.5 Å². The van der Waals surface area contributed by atoms with Crippen LogP contribution in [0.4, 0.5) is 5.69 Å². The number of hydrogen-bond acceptors (Lipinski definition) is 5. The largest absolute Gasteiger partial charge is 0.339 e. The number of thiophene rings is 1. The number of hydrogen-bond donors (Lipinski definition) is 1. The van der Waals surface area contributed by atoms with Crippen molar-refractivity contribution in [3.63, 3.8) is 0 Å². The number of aromatic nitrogens is 2. The van der Waals surface area contributed by atoms with Crippen molar-refractivity contribution in [1.82, 2.24) is 10.1 Å². The van der Waals surface area contributed by atoms with Crippen molar-refractivity contribution in [1.29, 1.82) is 0 Å². The molecule has 1 aromatic carbocycles. The first-order valence-electron chi connectivity index (χ1n) is 8.74. The molecule has 1 aliphatic rings. The molecular formula is C20H19N3O2S. The van der Waals surface area contributed by atoms with Crippen molar-refractivity contribution in [2.24, 2.45) is 0 Å². The number of amides is 1. The van der Waals surface area contributed by atoms with E-state index in [0.29, 0.717) is 17.4 Å². The summed E-state index contributed by atoms with van der Waals surface area (Å²) in [6, 6.07) is 11.4. The van der Waals surface area contributed by atoms with E-state index in [-0.39, 0.29) is 5.91 Å². The molecule has 0 saturated heterocycles. The van der Waals surface area contributed by atoms with Gasteiger partial charge in [0.25, 0.3) is 0 Å². The maximum atomic E-state index is 12.1. The molecule has 1 amide bonds. The van der Waals surface area contributed by atoms with E-state index in [1.54, 1.807) is 17.4 Å². The number of anilines is 1. The van der Waals surface area contributed by atoms with Crippen molar-refractivity contribution < 1.29 is 9.32 Å². The predicted octanol–water partition coefficient (Wildman–Crippen LogP) is 5.11. The summed E-state index contributed by atoms with van der Waals surface area (Å²) in [6.45, 7) is 0. The molecule has 2 heterocycles. The molecule has 26 heavy (non-hydrogen) atoms. The van der Waals surface area contributed by atoms with E-state index >= 15 is 0 Å². The molecule has 6 heteroatoms. The van der Waals surface area contributed by atoms with Gasteiger partial charge in [0.2, 0.25) is 17.6 Å². The van der Waals surface area contributed by atoms with Crippen molar-refractivity contribution in [3.8, 4) is 11.4 Å². The molecule has 1 fully saturated rings. The van der Waals surface area contributed by atoms with Gasteiger partial charge < -0.3 is 9.84 Å². The lowest BCUT2D eigenvalue weighted by Crippen LogP contribution is -2.07. The standard InChI is InChI=1S/C20H19N3O2S/c24-18(11-10-17-9-4-12-26-17)21-16-8-3-7-15(13-16)19-22-20(25-23-19)14-5-1-2-6-14/h3-4,7-14H,1-2,5-6H2,(H,21,24)/b11-10+. The summed E-state index contributed by atoms with van der Waals surface area (Å²) < 4.78 is 5.45. The highest BCUT2D eigenvalue weighted by Crippen LogP contribution is 2.34. The Morgan fingerprint density at radius 1 is 1.23 bits per heavy atom. The lowest BCUT2D eigenvalue weighted by molar-refractivity contribution is -0.111. The maximum absolute atomic E-state index is 12.1. The second-order valence-corrected chi connectivity index (χ2v) is 7.34. The molecule has 3 aromatic rings. The number of nitrogens with zero attached hydrogens (tertiary/aromatic N) is 2. The van der Waals surface area contributed by atoms with Crippen LogP contribution in [0.2, 0.25) is 0 Å². The lowest BCUT2D eigenvalue weighted by Gasteiger charge is -2.03. The normalized spacial score (nSPS) is 14.9. The summed E-state index contributed by atoms with van der Waals surface area (Å²) in [6.07, 6.45) is 8.02. The van der Waals surface area contributed by atoms with Crippen molar-refractivity contribution in [3.05, 3.63) is 58.6 Å². The van der Waals surface area contributed by atoms with Gasteiger partial charge in [-0.05, 0) is 42.5 Å². The fraction of sp³-hybridized carbons (Fsp3) is 0.250. The van der Waals surface area contributed by atoms with Crippen molar-refractivity contribution in [2.45, 2.75) is 31.6 Å². The summed E-state index contributed by atoms with van der Waals surface area (Å²) >= 11 is 1.59. The topological polar surface area (TPSA) is 68.0 Å². The molecule has 132 valence electrons. The molecular weight excluding hydrogens is 346 g/mol. The molecule has 2 aromatic heterocycles. The van der Waals surface area contributed by atoms with Crippen LogP contribution < -0.4 is 5.32 Å². The molecule has 0 bridgehead atoms. The average molecular weight is 365 g/mol. The van der Waals surface area contributed by atoms with Gasteiger partial charge in [-0.3, -0.25) is 4.79 Å². The molecule has 5 nitrogen and oxygen atoms in total. The van der Waals surface area contributed by atoms with Gasteiger partial charge in [-0.2, -0.15) is 4.98 Å². The fourth-order valence-corrected chi connectivity index (χ4v) is 3.77. The summed E-state index contributed by atoms with van der Waals surface area (Å²) in [5, 5.41) is 8.96. The van der Waals surface area contributed by atoms with Gasteiger partial charge in [0, 0.05) is 28.1 Å². The Bertz CT molecular complexity index is 909. The van der Waals surface area contributed by atoms with Gasteiger partial charge in [-0.15, -0.1) is 11.3 Å². The van der Waals surface area contributed by atoms with Crippen LogP contribution in [0.3, 0.4) is 0 Å². The number of rotatable bonds is 5. The van der Waals surface area contributed by atoms with Gasteiger partial charge in [-0.25, -0.2) is 0 Å². The Kier molecular flexibility index (Phi) is 4.93. The van der Waals surface area contributed by atoms with Crippen LogP contribution in [0.15, 0.2) is 52.4 Å². The first-order chi connectivity index (χ1) is 12.8. The third-order valence-corrected chi connectivity index (χ3v) is 5.31. The quantitative estimate of drug-likeness (QED) is 0.638. The molecule has 0 spiro atoms. The third-order valence-electron chi connectivity index (χ3n) is 4.48. The zero-order valence-corrected chi connectivity index (χ0v) is 15.0. The van der Waals surface area contributed by atoms with Gasteiger partial charge in [0.05, 0.1) is 0 Å². The molecule has 4 rings (SSSR count). The minimum Gasteiger partial charge on any atom is -0.339 e. The third kappa shape index (κ3) is 3.91. The Balaban J connectivity index is 1.45. The molecule has 1 aliphatic carbocycles. The van der Waals surface area contributed by atoms with Crippen LogP contribution in [-0.4, -0.2) is 16.0 Å². The molecule has 0 radical (unpaired) electrons. The highest BCUT2D eigenvalue weighted by Gasteiger charge is 2.23. The zero-order valence-electron chi connectivity index (χ0n) is 14.2. The van der Waals surface area contributed by atoms with Gasteiger partial charge >= 0.3 is 0 Å². The smallest absolute Gasteiger partial charge is 0.248 e. The van der Waals surface area contributed by atoms with Gasteiger partial charge in [-0.1, -0.05) is 36.2 Å². The monoisotopic (exact) mass is 365 g/mol. The first-order valence-corrected chi connectivity index (χ1v) is 9.62. The zero-order chi connectivity index (χ0) is 17.8. The predicted molar refractivity (Wildman–Crippen MR) is 103 cm³/mol. The van der Waals surface area contributed by atoms with E-state index in [9.17, 15) is 4.79 Å². The van der Waals surface area contributed by atoms with Crippen LogP contribution in [0.25, 0.3) is 17.5 Å². The van der Waals surface area contributed by atoms with Crippen LogP contribution in [0.1, 0.15) is 42.4 Å². The van der Waals surface area contributed by atoms with E-state index in [0.717, 1.165) is 29.2 Å².